The molecule has 0 amide bonds. The molecule has 82 valence electrons. The second-order valence-corrected chi connectivity index (χ2v) is 5.43. The van der Waals surface area contributed by atoms with Crippen molar-refractivity contribution in [2.45, 2.75) is 46.1 Å². The van der Waals surface area contributed by atoms with Crippen molar-refractivity contribution >= 4 is 5.97 Å². The van der Waals surface area contributed by atoms with E-state index in [-0.39, 0.29) is 5.41 Å². The first-order valence-corrected chi connectivity index (χ1v) is 5.20. The molecule has 0 aromatic carbocycles. The molecule has 0 heterocycles. The molecule has 3 nitrogen and oxygen atoms in total. The number of hydrogen-bond donors (Lipinski definition) is 1. The van der Waals surface area contributed by atoms with E-state index in [2.05, 4.69) is 20.8 Å². The Morgan fingerprint density at radius 3 is 2.43 bits per heavy atom. The van der Waals surface area contributed by atoms with E-state index in [0.29, 0.717) is 18.4 Å². The molecule has 0 radical (unpaired) electrons. The molecule has 0 unspecified atom stereocenters. The summed E-state index contributed by atoms with van der Waals surface area (Å²) in [6.45, 7) is 7.18. The Balaban J connectivity index is 2.07. The van der Waals surface area contributed by atoms with Crippen LogP contribution in [0.15, 0.2) is 0 Å². The van der Waals surface area contributed by atoms with Crippen LogP contribution in [-0.2, 0) is 9.53 Å². The van der Waals surface area contributed by atoms with Gasteiger partial charge >= 0.3 is 5.97 Å². The van der Waals surface area contributed by atoms with Crippen LogP contribution in [0, 0.1) is 11.3 Å². The molecule has 0 aromatic rings. The van der Waals surface area contributed by atoms with Crippen LogP contribution in [0.3, 0.4) is 0 Å². The molecule has 1 saturated carbocycles. The average molecular weight is 200 g/mol. The lowest BCUT2D eigenvalue weighted by molar-refractivity contribution is -0.141. The lowest BCUT2D eigenvalue weighted by Gasteiger charge is -2.36. The summed E-state index contributed by atoms with van der Waals surface area (Å²) in [5.74, 6) is -0.346. The summed E-state index contributed by atoms with van der Waals surface area (Å²) in [5, 5.41) is 8.55. The highest BCUT2D eigenvalue weighted by Crippen LogP contribution is 2.33. The summed E-state index contributed by atoms with van der Waals surface area (Å²) in [6.07, 6.45) is 2.44. The van der Waals surface area contributed by atoms with Crippen LogP contribution < -0.4 is 0 Å². The molecule has 3 heteroatoms. The van der Waals surface area contributed by atoms with Gasteiger partial charge in [0.25, 0.3) is 0 Å². The van der Waals surface area contributed by atoms with Gasteiger partial charge in [0.2, 0.25) is 0 Å². The zero-order valence-corrected chi connectivity index (χ0v) is 9.25. The number of carboxylic acid groups (broad SMARTS) is 1. The molecule has 0 aliphatic heterocycles. The summed E-state index contributed by atoms with van der Waals surface area (Å²) in [5.41, 5.74) is 0.206. The number of hydrogen-bond acceptors (Lipinski definition) is 2. The fraction of sp³-hybridized carbons (Fsp3) is 0.909. The molecule has 1 N–H and O–H groups in total. The maximum atomic E-state index is 10.4. The molecule has 0 bridgehead atoms. The molecular formula is C11H20O3. The highest BCUT2D eigenvalue weighted by Gasteiger charge is 2.32. The number of ether oxygens (including phenoxy) is 1. The van der Waals surface area contributed by atoms with Crippen molar-refractivity contribution in [1.29, 1.82) is 0 Å². The SMILES string of the molecule is CC(C)(C)COC1CC(CC(=O)O)C1. The van der Waals surface area contributed by atoms with E-state index in [9.17, 15) is 4.79 Å². The first kappa shape index (κ1) is 11.5. The van der Waals surface area contributed by atoms with Gasteiger partial charge < -0.3 is 9.84 Å². The largest absolute Gasteiger partial charge is 0.481 e. The normalized spacial score (nSPS) is 27.1. The lowest BCUT2D eigenvalue weighted by atomic mass is 9.80. The minimum absolute atomic E-state index is 0.206. The van der Waals surface area contributed by atoms with E-state index >= 15 is 0 Å². The minimum atomic E-state index is -0.690. The Kier molecular flexibility index (Phi) is 3.53. The average Bonchev–Trinajstić information content (AvgIpc) is 1.90. The van der Waals surface area contributed by atoms with Gasteiger partial charge in [-0.25, -0.2) is 0 Å². The second-order valence-electron chi connectivity index (χ2n) is 5.43. The number of aliphatic carboxylic acids is 1. The van der Waals surface area contributed by atoms with Crippen molar-refractivity contribution < 1.29 is 14.6 Å². The van der Waals surface area contributed by atoms with Gasteiger partial charge in [0, 0.05) is 6.42 Å². The molecule has 14 heavy (non-hydrogen) atoms. The van der Waals surface area contributed by atoms with Gasteiger partial charge in [-0.2, -0.15) is 0 Å². The molecular weight excluding hydrogens is 180 g/mol. The van der Waals surface area contributed by atoms with Gasteiger partial charge in [-0.05, 0) is 24.2 Å². The van der Waals surface area contributed by atoms with Crippen molar-refractivity contribution in [3.8, 4) is 0 Å². The summed E-state index contributed by atoms with van der Waals surface area (Å²) in [6, 6.07) is 0. The molecule has 0 saturated heterocycles. The predicted octanol–water partition coefficient (Wildman–Crippen LogP) is 2.30. The van der Waals surface area contributed by atoms with Crippen molar-refractivity contribution in [2.75, 3.05) is 6.61 Å². The third-order valence-corrected chi connectivity index (χ3v) is 2.41. The summed E-state index contributed by atoms with van der Waals surface area (Å²) < 4.78 is 5.66. The minimum Gasteiger partial charge on any atom is -0.481 e. The van der Waals surface area contributed by atoms with Crippen LogP contribution in [0.25, 0.3) is 0 Å². The fourth-order valence-electron chi connectivity index (χ4n) is 1.59. The zero-order chi connectivity index (χ0) is 10.8. The van der Waals surface area contributed by atoms with Crippen LogP contribution in [0.4, 0.5) is 0 Å². The Labute approximate surface area is 85.5 Å². The highest BCUT2D eigenvalue weighted by molar-refractivity contribution is 5.67. The van der Waals surface area contributed by atoms with Gasteiger partial charge in [0.1, 0.15) is 0 Å². The Bertz CT molecular complexity index is 199. The van der Waals surface area contributed by atoms with Gasteiger partial charge in [-0.3, -0.25) is 4.79 Å². The maximum Gasteiger partial charge on any atom is 0.303 e. The van der Waals surface area contributed by atoms with Crippen LogP contribution in [0.1, 0.15) is 40.0 Å². The first-order chi connectivity index (χ1) is 6.37. The van der Waals surface area contributed by atoms with E-state index in [4.69, 9.17) is 9.84 Å². The third-order valence-electron chi connectivity index (χ3n) is 2.41. The predicted molar refractivity (Wildman–Crippen MR) is 54.2 cm³/mol. The van der Waals surface area contributed by atoms with Crippen molar-refractivity contribution in [3.63, 3.8) is 0 Å². The third kappa shape index (κ3) is 4.09. The van der Waals surface area contributed by atoms with Crippen LogP contribution in [0.2, 0.25) is 0 Å². The molecule has 1 fully saturated rings. The fourth-order valence-corrected chi connectivity index (χ4v) is 1.59. The lowest BCUT2D eigenvalue weighted by Crippen LogP contribution is -2.34. The number of rotatable bonds is 4. The van der Waals surface area contributed by atoms with Gasteiger partial charge in [-0.15, -0.1) is 0 Å². The molecule has 1 rings (SSSR count). The number of carboxylic acids is 1. The smallest absolute Gasteiger partial charge is 0.303 e. The van der Waals surface area contributed by atoms with E-state index in [1.807, 2.05) is 0 Å². The quantitative estimate of drug-likeness (QED) is 0.757. The Morgan fingerprint density at radius 1 is 1.43 bits per heavy atom. The standard InChI is InChI=1S/C11H20O3/c1-11(2,3)7-14-9-4-8(5-9)6-10(12)13/h8-9H,4-7H2,1-3H3,(H,12,13). The highest BCUT2D eigenvalue weighted by atomic mass is 16.5. The summed E-state index contributed by atoms with van der Waals surface area (Å²) in [4.78, 5) is 10.4. The van der Waals surface area contributed by atoms with Crippen LogP contribution in [-0.4, -0.2) is 23.8 Å². The van der Waals surface area contributed by atoms with Gasteiger partial charge in [-0.1, -0.05) is 20.8 Å². The van der Waals surface area contributed by atoms with E-state index in [1.54, 1.807) is 0 Å². The monoisotopic (exact) mass is 200 g/mol. The topological polar surface area (TPSA) is 46.5 Å². The van der Waals surface area contributed by atoms with Crippen LogP contribution in [0.5, 0.6) is 0 Å². The maximum absolute atomic E-state index is 10.4. The van der Waals surface area contributed by atoms with Crippen molar-refractivity contribution in [2.24, 2.45) is 11.3 Å². The molecule has 0 atom stereocenters. The van der Waals surface area contributed by atoms with Crippen molar-refractivity contribution in [1.82, 2.24) is 0 Å². The van der Waals surface area contributed by atoms with E-state index in [1.165, 1.54) is 0 Å². The first-order valence-electron chi connectivity index (χ1n) is 5.20. The molecule has 1 aliphatic carbocycles. The summed E-state index contributed by atoms with van der Waals surface area (Å²) >= 11 is 0. The Morgan fingerprint density at radius 2 is 2.00 bits per heavy atom. The van der Waals surface area contributed by atoms with E-state index in [0.717, 1.165) is 19.4 Å². The zero-order valence-electron chi connectivity index (χ0n) is 9.25. The van der Waals surface area contributed by atoms with Crippen molar-refractivity contribution in [3.05, 3.63) is 0 Å². The molecule has 0 spiro atoms. The van der Waals surface area contributed by atoms with E-state index < -0.39 is 5.97 Å². The van der Waals surface area contributed by atoms with Crippen LogP contribution >= 0.6 is 0 Å². The molecule has 0 aromatic heterocycles. The van der Waals surface area contributed by atoms with Gasteiger partial charge in [0.05, 0.1) is 12.7 Å². The Hall–Kier alpha value is -0.570. The van der Waals surface area contributed by atoms with Gasteiger partial charge in [0.15, 0.2) is 0 Å². The summed E-state index contributed by atoms with van der Waals surface area (Å²) in [7, 11) is 0. The molecule has 1 aliphatic rings. The number of carbonyl (C=O) groups is 1. The second kappa shape index (κ2) is 4.30.